The van der Waals surface area contributed by atoms with Gasteiger partial charge in [0.2, 0.25) is 0 Å². The molecule has 15 heavy (non-hydrogen) atoms. The van der Waals surface area contributed by atoms with Crippen molar-refractivity contribution in [3.63, 3.8) is 0 Å². The fourth-order valence-corrected chi connectivity index (χ4v) is 4.22. The predicted molar refractivity (Wildman–Crippen MR) is 68.0 cm³/mol. The Morgan fingerprint density at radius 3 is 2.47 bits per heavy atom. The first-order valence-electron chi connectivity index (χ1n) is 5.81. The molecule has 0 aromatic heterocycles. The number of ether oxygens (including phenoxy) is 2. The molecule has 2 aliphatic rings. The highest BCUT2D eigenvalue weighted by Crippen LogP contribution is 2.27. The lowest BCUT2D eigenvalue weighted by Gasteiger charge is -2.14. The van der Waals surface area contributed by atoms with Crippen LogP contribution in [0.3, 0.4) is 0 Å². The average Bonchev–Trinajstić information content (AvgIpc) is 3.08. The van der Waals surface area contributed by atoms with Gasteiger partial charge in [0.1, 0.15) is 0 Å². The maximum atomic E-state index is 5.24. The van der Waals surface area contributed by atoms with E-state index in [2.05, 4.69) is 30.4 Å². The lowest BCUT2D eigenvalue weighted by Crippen LogP contribution is -2.10. The molecule has 0 bridgehead atoms. The van der Waals surface area contributed by atoms with Crippen molar-refractivity contribution in [2.24, 2.45) is 0 Å². The van der Waals surface area contributed by atoms with Crippen LogP contribution in [0.1, 0.15) is 19.8 Å². The lowest BCUT2D eigenvalue weighted by atomic mass is 10.3. The largest absolute Gasteiger partial charge is 0.372 e. The third kappa shape index (κ3) is 5.48. The Morgan fingerprint density at radius 2 is 1.87 bits per heavy atom. The highest BCUT2D eigenvalue weighted by atomic mass is 32.2. The molecule has 0 aliphatic carbocycles. The Bertz CT molecular complexity index is 181. The molecule has 2 fully saturated rings. The third-order valence-corrected chi connectivity index (χ3v) is 5.44. The summed E-state index contributed by atoms with van der Waals surface area (Å²) in [7, 11) is 0. The van der Waals surface area contributed by atoms with Crippen molar-refractivity contribution in [2.45, 2.75) is 37.2 Å². The van der Waals surface area contributed by atoms with Crippen molar-refractivity contribution >= 4 is 23.5 Å². The molecule has 0 aromatic carbocycles. The summed E-state index contributed by atoms with van der Waals surface area (Å²) in [5, 5.41) is 0.822. The van der Waals surface area contributed by atoms with E-state index in [1.807, 2.05) is 0 Å². The summed E-state index contributed by atoms with van der Waals surface area (Å²) in [6.45, 7) is 4.26. The zero-order chi connectivity index (χ0) is 10.5. The van der Waals surface area contributed by atoms with Gasteiger partial charge in [0.25, 0.3) is 0 Å². The van der Waals surface area contributed by atoms with Crippen molar-refractivity contribution in [3.05, 3.63) is 0 Å². The van der Waals surface area contributed by atoms with Gasteiger partial charge >= 0.3 is 0 Å². The summed E-state index contributed by atoms with van der Waals surface area (Å²) < 4.78 is 10.5. The summed E-state index contributed by atoms with van der Waals surface area (Å²) in [6, 6.07) is 0. The highest BCUT2D eigenvalue weighted by molar-refractivity contribution is 8.03. The SMILES string of the molecule is CCCC(CSCC1CO1)SCC1CO1. The molecular formula is C11H20O2S2. The summed E-state index contributed by atoms with van der Waals surface area (Å²) in [6.07, 6.45) is 3.79. The zero-order valence-corrected chi connectivity index (χ0v) is 10.9. The number of hydrogen-bond acceptors (Lipinski definition) is 4. The normalized spacial score (nSPS) is 30.2. The molecule has 0 radical (unpaired) electrons. The summed E-state index contributed by atoms with van der Waals surface area (Å²) in [4.78, 5) is 0. The molecular weight excluding hydrogens is 228 g/mol. The molecule has 2 saturated heterocycles. The zero-order valence-electron chi connectivity index (χ0n) is 9.31. The van der Waals surface area contributed by atoms with Crippen LogP contribution in [-0.2, 0) is 9.47 Å². The molecule has 0 N–H and O–H groups in total. The standard InChI is InChI=1S/C11H20O2S2/c1-2-3-11(15-7-10-5-13-10)8-14-6-9-4-12-9/h9-11H,2-8H2,1H3. The Kier molecular flexibility index (Phi) is 5.14. The van der Waals surface area contributed by atoms with Crippen molar-refractivity contribution in [1.29, 1.82) is 0 Å². The molecule has 0 spiro atoms. The molecule has 0 aromatic rings. The van der Waals surface area contributed by atoms with Crippen molar-refractivity contribution in [3.8, 4) is 0 Å². The van der Waals surface area contributed by atoms with E-state index in [0.717, 1.165) is 18.5 Å². The Balaban J connectivity index is 1.53. The van der Waals surface area contributed by atoms with Gasteiger partial charge in [-0.3, -0.25) is 0 Å². The maximum Gasteiger partial charge on any atom is 0.0900 e. The molecule has 3 unspecified atom stereocenters. The lowest BCUT2D eigenvalue weighted by molar-refractivity contribution is 0.425. The molecule has 3 atom stereocenters. The topological polar surface area (TPSA) is 25.1 Å². The second-order valence-electron chi connectivity index (χ2n) is 4.19. The molecule has 4 heteroatoms. The van der Waals surface area contributed by atoms with Crippen molar-refractivity contribution < 1.29 is 9.47 Å². The fourth-order valence-electron chi connectivity index (χ4n) is 1.44. The molecule has 88 valence electrons. The van der Waals surface area contributed by atoms with Crippen LogP contribution in [0.5, 0.6) is 0 Å². The third-order valence-electron chi connectivity index (χ3n) is 2.54. The van der Waals surface area contributed by atoms with E-state index >= 15 is 0 Å². The highest BCUT2D eigenvalue weighted by Gasteiger charge is 2.25. The van der Waals surface area contributed by atoms with Crippen LogP contribution in [-0.4, -0.2) is 47.9 Å². The van der Waals surface area contributed by atoms with Gasteiger partial charge in [0, 0.05) is 22.5 Å². The molecule has 0 saturated carbocycles. The number of epoxide rings is 2. The van der Waals surface area contributed by atoms with E-state index in [1.165, 1.54) is 30.1 Å². The molecule has 2 aliphatic heterocycles. The summed E-state index contributed by atoms with van der Waals surface area (Å²) in [5.41, 5.74) is 0. The average molecular weight is 248 g/mol. The van der Waals surface area contributed by atoms with E-state index in [-0.39, 0.29) is 0 Å². The summed E-state index contributed by atoms with van der Waals surface area (Å²) in [5.74, 6) is 3.68. The van der Waals surface area contributed by atoms with Crippen LogP contribution < -0.4 is 0 Å². The fraction of sp³-hybridized carbons (Fsp3) is 1.00. The second kappa shape index (κ2) is 6.38. The van der Waals surface area contributed by atoms with Crippen LogP contribution >= 0.6 is 23.5 Å². The van der Waals surface area contributed by atoms with Gasteiger partial charge in [-0.05, 0) is 6.42 Å². The second-order valence-corrected chi connectivity index (χ2v) is 6.60. The molecule has 2 rings (SSSR count). The minimum atomic E-state index is 0.575. The van der Waals surface area contributed by atoms with Gasteiger partial charge in [-0.25, -0.2) is 0 Å². The van der Waals surface area contributed by atoms with Crippen molar-refractivity contribution in [1.82, 2.24) is 0 Å². The first-order chi connectivity index (χ1) is 7.38. The smallest absolute Gasteiger partial charge is 0.0900 e. The Morgan fingerprint density at radius 1 is 1.20 bits per heavy atom. The van der Waals surface area contributed by atoms with Gasteiger partial charge in [0.05, 0.1) is 25.4 Å². The predicted octanol–water partition coefficient (Wildman–Crippen LogP) is 2.42. The Hall–Kier alpha value is 0.620. The number of rotatable bonds is 9. The van der Waals surface area contributed by atoms with Crippen LogP contribution in [0.25, 0.3) is 0 Å². The van der Waals surface area contributed by atoms with E-state index in [0.29, 0.717) is 12.2 Å². The maximum absolute atomic E-state index is 5.24. The van der Waals surface area contributed by atoms with Crippen molar-refractivity contribution in [2.75, 3.05) is 30.5 Å². The van der Waals surface area contributed by atoms with Crippen LogP contribution in [0, 0.1) is 0 Å². The van der Waals surface area contributed by atoms with Gasteiger partial charge in [-0.2, -0.15) is 23.5 Å². The van der Waals surface area contributed by atoms with Crippen LogP contribution in [0.4, 0.5) is 0 Å². The van der Waals surface area contributed by atoms with Gasteiger partial charge in [-0.1, -0.05) is 13.3 Å². The van der Waals surface area contributed by atoms with Gasteiger partial charge in [-0.15, -0.1) is 0 Å². The molecule has 0 amide bonds. The molecule has 2 heterocycles. The van der Waals surface area contributed by atoms with Gasteiger partial charge < -0.3 is 9.47 Å². The Labute approximate surface area is 101 Å². The first kappa shape index (κ1) is 12.1. The van der Waals surface area contributed by atoms with E-state index in [9.17, 15) is 0 Å². The first-order valence-corrected chi connectivity index (χ1v) is 8.01. The van der Waals surface area contributed by atoms with Crippen LogP contribution in [0.15, 0.2) is 0 Å². The van der Waals surface area contributed by atoms with E-state index in [4.69, 9.17) is 9.47 Å². The quantitative estimate of drug-likeness (QED) is 0.585. The van der Waals surface area contributed by atoms with E-state index < -0.39 is 0 Å². The van der Waals surface area contributed by atoms with Crippen LogP contribution in [0.2, 0.25) is 0 Å². The number of thioether (sulfide) groups is 2. The summed E-state index contributed by atoms with van der Waals surface area (Å²) >= 11 is 4.16. The minimum Gasteiger partial charge on any atom is -0.372 e. The molecule has 2 nitrogen and oxygen atoms in total. The monoisotopic (exact) mass is 248 g/mol. The number of hydrogen-bond donors (Lipinski definition) is 0. The van der Waals surface area contributed by atoms with E-state index in [1.54, 1.807) is 0 Å². The minimum absolute atomic E-state index is 0.575. The van der Waals surface area contributed by atoms with Gasteiger partial charge in [0.15, 0.2) is 0 Å².